The maximum absolute atomic E-state index is 14.1. The average Bonchev–Trinajstić information content (AvgIpc) is 3.07. The Morgan fingerprint density at radius 2 is 2.24 bits per heavy atom. The van der Waals surface area contributed by atoms with E-state index in [0.29, 0.717) is 25.4 Å². The second-order valence-corrected chi connectivity index (χ2v) is 8.45. The van der Waals surface area contributed by atoms with Gasteiger partial charge < -0.3 is 14.6 Å². The van der Waals surface area contributed by atoms with Gasteiger partial charge in [0.05, 0.1) is 31.3 Å². The smallest absolute Gasteiger partial charge is 0.233 e. The van der Waals surface area contributed by atoms with Crippen molar-refractivity contribution in [1.29, 1.82) is 0 Å². The first-order valence-electron chi connectivity index (χ1n) is 9.33. The third-order valence-corrected chi connectivity index (χ3v) is 7.83. The summed E-state index contributed by atoms with van der Waals surface area (Å²) in [6.45, 7) is 1.11. The van der Waals surface area contributed by atoms with Gasteiger partial charge in [-0.3, -0.25) is 9.69 Å². The van der Waals surface area contributed by atoms with Gasteiger partial charge in [-0.2, -0.15) is 0 Å². The largest absolute Gasteiger partial charge is 0.631 e. The van der Waals surface area contributed by atoms with Crippen molar-refractivity contribution >= 4 is 11.6 Å². The van der Waals surface area contributed by atoms with Crippen molar-refractivity contribution in [2.45, 2.75) is 37.3 Å². The van der Waals surface area contributed by atoms with Crippen LogP contribution in [-0.2, 0) is 4.79 Å². The van der Waals surface area contributed by atoms with Crippen LogP contribution in [-0.4, -0.2) is 36.4 Å². The number of ether oxygens (including phenoxy) is 1. The van der Waals surface area contributed by atoms with Crippen molar-refractivity contribution in [2.24, 2.45) is 11.3 Å². The molecule has 0 N–H and O–H groups in total. The van der Waals surface area contributed by atoms with E-state index >= 15 is 0 Å². The maximum Gasteiger partial charge on any atom is 0.233 e. The molecule has 2 saturated heterocycles. The predicted octanol–water partition coefficient (Wildman–Crippen LogP) is 2.91. The van der Waals surface area contributed by atoms with Gasteiger partial charge in [0.2, 0.25) is 5.91 Å². The minimum Gasteiger partial charge on any atom is -0.631 e. The highest BCUT2D eigenvalue weighted by Crippen LogP contribution is 2.73. The van der Waals surface area contributed by atoms with Gasteiger partial charge in [-0.25, -0.2) is 0 Å². The number of methoxy groups -OCH3 is 1. The Kier molecular flexibility index (Phi) is 2.35. The van der Waals surface area contributed by atoms with E-state index in [1.54, 1.807) is 7.11 Å². The SMILES string of the molecule is COc1ccc2c(c1)N1C(=O)C[C@@]34C=CC[N+]5([O-])CC[C@H]2[C@H](CC3)[C@@]145. The summed E-state index contributed by atoms with van der Waals surface area (Å²) in [5, 5.41) is 14.1. The summed E-state index contributed by atoms with van der Waals surface area (Å²) in [5.74, 6) is 1.53. The number of benzene rings is 1. The molecule has 1 unspecified atom stereocenters. The van der Waals surface area contributed by atoms with E-state index in [9.17, 15) is 10.0 Å². The molecular formula is C20H22N2O3. The van der Waals surface area contributed by atoms with Crippen molar-refractivity contribution in [1.82, 2.24) is 0 Å². The first-order valence-corrected chi connectivity index (χ1v) is 9.33. The number of hydrogen-bond acceptors (Lipinski definition) is 3. The summed E-state index contributed by atoms with van der Waals surface area (Å²) in [6.07, 6.45) is 7.69. The fourth-order valence-corrected chi connectivity index (χ4v) is 7.20. The number of hydrogen-bond donors (Lipinski definition) is 0. The number of rotatable bonds is 1. The van der Waals surface area contributed by atoms with Crippen LogP contribution in [0.4, 0.5) is 5.69 Å². The van der Waals surface area contributed by atoms with Crippen molar-refractivity contribution in [3.63, 3.8) is 0 Å². The number of anilines is 1. The van der Waals surface area contributed by atoms with E-state index in [4.69, 9.17) is 4.74 Å². The summed E-state index contributed by atoms with van der Waals surface area (Å²) < 4.78 is 5.19. The lowest BCUT2D eigenvalue weighted by Crippen LogP contribution is -2.79. The Morgan fingerprint density at radius 3 is 3.08 bits per heavy atom. The predicted molar refractivity (Wildman–Crippen MR) is 92.8 cm³/mol. The number of quaternary nitrogens is 1. The fourth-order valence-electron chi connectivity index (χ4n) is 7.20. The van der Waals surface area contributed by atoms with Crippen LogP contribution in [0, 0.1) is 16.5 Å². The van der Waals surface area contributed by atoms with Gasteiger partial charge in [0.1, 0.15) is 5.75 Å². The Hall–Kier alpha value is -1.85. The molecule has 1 saturated carbocycles. The second-order valence-electron chi connectivity index (χ2n) is 8.45. The minimum atomic E-state index is -0.624. The second kappa shape index (κ2) is 4.10. The molecule has 5 nitrogen and oxygen atoms in total. The van der Waals surface area contributed by atoms with E-state index in [0.717, 1.165) is 30.7 Å². The molecule has 0 radical (unpaired) electrons. The molecule has 0 aromatic heterocycles. The standard InChI is InChI=1S/C20H22N2O3/c1-25-13-3-4-15-14-6-10-22(24)9-2-7-19-8-5-16(14)20(19,22)21(17(15)11-13)18(23)12-19/h2-4,7,11,14,16H,5-6,8-10,12H2,1H3/t14-,16+,19-,20+,22?/m1/s1. The van der Waals surface area contributed by atoms with Gasteiger partial charge in [-0.05, 0) is 30.5 Å². The van der Waals surface area contributed by atoms with Crippen LogP contribution in [0.25, 0.3) is 0 Å². The van der Waals surface area contributed by atoms with Crippen LogP contribution in [0.2, 0.25) is 0 Å². The molecule has 4 heterocycles. The van der Waals surface area contributed by atoms with Crippen molar-refractivity contribution < 1.29 is 14.2 Å². The van der Waals surface area contributed by atoms with Crippen LogP contribution in [0.3, 0.4) is 0 Å². The number of hydroxylamine groups is 3. The molecule has 1 aromatic rings. The van der Waals surface area contributed by atoms with E-state index in [-0.39, 0.29) is 21.9 Å². The zero-order valence-corrected chi connectivity index (χ0v) is 14.4. The number of carbonyl (C=O) groups excluding carboxylic acids is 1. The highest BCUT2D eigenvalue weighted by Gasteiger charge is 2.80. The molecule has 5 aliphatic rings. The number of fused-ring (bicyclic) bond motifs is 3. The van der Waals surface area contributed by atoms with Gasteiger partial charge in [0.25, 0.3) is 0 Å². The molecule has 5 atom stereocenters. The molecule has 1 amide bonds. The monoisotopic (exact) mass is 338 g/mol. The molecule has 4 aliphatic heterocycles. The van der Waals surface area contributed by atoms with Gasteiger partial charge >= 0.3 is 0 Å². The quantitative estimate of drug-likeness (QED) is 0.449. The molecular weight excluding hydrogens is 316 g/mol. The summed E-state index contributed by atoms with van der Waals surface area (Å²) in [7, 11) is 1.65. The van der Waals surface area contributed by atoms with Crippen molar-refractivity contribution in [3.05, 3.63) is 41.1 Å². The first kappa shape index (κ1) is 14.3. The Morgan fingerprint density at radius 1 is 1.36 bits per heavy atom. The van der Waals surface area contributed by atoms with Gasteiger partial charge in [0, 0.05) is 30.7 Å². The Labute approximate surface area is 147 Å². The van der Waals surface area contributed by atoms with E-state index in [1.807, 2.05) is 17.0 Å². The molecule has 2 bridgehead atoms. The van der Waals surface area contributed by atoms with Crippen LogP contribution >= 0.6 is 0 Å². The van der Waals surface area contributed by atoms with E-state index in [2.05, 4.69) is 18.2 Å². The summed E-state index contributed by atoms with van der Waals surface area (Å²) in [5.41, 5.74) is 1.26. The Bertz CT molecular complexity index is 851. The lowest BCUT2D eigenvalue weighted by Gasteiger charge is -2.69. The van der Waals surface area contributed by atoms with Gasteiger partial charge in [0.15, 0.2) is 5.66 Å². The zero-order chi connectivity index (χ0) is 17.0. The van der Waals surface area contributed by atoms with Crippen molar-refractivity contribution in [2.75, 3.05) is 25.1 Å². The maximum atomic E-state index is 14.1. The minimum absolute atomic E-state index is 0.115. The number of amides is 1. The molecule has 6 rings (SSSR count). The number of nitrogens with zero attached hydrogens (tertiary/aromatic N) is 2. The molecule has 130 valence electrons. The first-order chi connectivity index (χ1) is 12.1. The molecule has 1 aliphatic carbocycles. The van der Waals surface area contributed by atoms with Crippen LogP contribution in [0.1, 0.15) is 37.2 Å². The molecule has 1 spiro atoms. The third kappa shape index (κ3) is 1.27. The Balaban J connectivity index is 1.72. The van der Waals surface area contributed by atoms with Gasteiger partial charge in [-0.1, -0.05) is 12.1 Å². The van der Waals surface area contributed by atoms with Crippen LogP contribution in [0.5, 0.6) is 5.75 Å². The summed E-state index contributed by atoms with van der Waals surface area (Å²) in [4.78, 5) is 15.2. The number of piperidine rings is 1. The highest BCUT2D eigenvalue weighted by atomic mass is 16.6. The molecule has 5 heteroatoms. The van der Waals surface area contributed by atoms with E-state index < -0.39 is 5.66 Å². The highest BCUT2D eigenvalue weighted by molar-refractivity contribution is 6.01. The van der Waals surface area contributed by atoms with Crippen LogP contribution < -0.4 is 9.64 Å². The lowest BCUT2D eigenvalue weighted by molar-refractivity contribution is -0.944. The topological polar surface area (TPSA) is 52.6 Å². The molecule has 3 fully saturated rings. The van der Waals surface area contributed by atoms with E-state index in [1.165, 1.54) is 5.56 Å². The van der Waals surface area contributed by atoms with Gasteiger partial charge in [-0.15, -0.1) is 0 Å². The normalized spacial score (nSPS) is 45.4. The third-order valence-electron chi connectivity index (χ3n) is 7.83. The summed E-state index contributed by atoms with van der Waals surface area (Å²) in [6, 6.07) is 6.10. The summed E-state index contributed by atoms with van der Waals surface area (Å²) >= 11 is 0. The van der Waals surface area contributed by atoms with Crippen molar-refractivity contribution in [3.8, 4) is 5.75 Å². The molecule has 25 heavy (non-hydrogen) atoms. The number of carbonyl (C=O) groups is 1. The fraction of sp³-hybridized carbons (Fsp3) is 0.550. The lowest BCUT2D eigenvalue weighted by atomic mass is 9.62. The zero-order valence-electron chi connectivity index (χ0n) is 14.4. The average molecular weight is 338 g/mol. The molecule has 1 aromatic carbocycles. The van der Waals surface area contributed by atoms with Crippen LogP contribution in [0.15, 0.2) is 30.4 Å².